The number of hydrogen-bond donors (Lipinski definition) is 0. The SMILES string of the molecule is CCOc1ccc(C)cc1C(=O)CC(C)C(C)(C)C. The van der Waals surface area contributed by atoms with Crippen LogP contribution in [0.4, 0.5) is 0 Å². The molecule has 2 heteroatoms. The summed E-state index contributed by atoms with van der Waals surface area (Å²) in [7, 11) is 0. The van der Waals surface area contributed by atoms with E-state index in [1.54, 1.807) is 0 Å². The fraction of sp³-hybridized carbons (Fsp3) is 0.588. The third-order valence-electron chi connectivity index (χ3n) is 3.71. The first-order valence-corrected chi connectivity index (χ1v) is 7.02. The van der Waals surface area contributed by atoms with E-state index in [1.165, 1.54) is 0 Å². The summed E-state index contributed by atoms with van der Waals surface area (Å²) in [5.74, 6) is 1.23. The first-order chi connectivity index (χ1) is 8.75. The average Bonchev–Trinajstić information content (AvgIpc) is 2.30. The molecular formula is C17H26O2. The number of aryl methyl sites for hydroxylation is 1. The van der Waals surface area contributed by atoms with E-state index in [9.17, 15) is 4.79 Å². The highest BCUT2D eigenvalue weighted by Gasteiger charge is 2.24. The number of benzene rings is 1. The molecule has 1 unspecified atom stereocenters. The van der Waals surface area contributed by atoms with Gasteiger partial charge in [-0.1, -0.05) is 39.3 Å². The highest BCUT2D eigenvalue weighted by atomic mass is 16.5. The zero-order valence-corrected chi connectivity index (χ0v) is 13.0. The second-order valence-electron chi connectivity index (χ2n) is 6.33. The van der Waals surface area contributed by atoms with Crippen molar-refractivity contribution in [1.29, 1.82) is 0 Å². The van der Waals surface area contributed by atoms with Crippen LogP contribution in [0, 0.1) is 18.3 Å². The minimum Gasteiger partial charge on any atom is -0.493 e. The zero-order chi connectivity index (χ0) is 14.6. The molecule has 0 aromatic heterocycles. The van der Waals surface area contributed by atoms with Crippen molar-refractivity contribution in [2.24, 2.45) is 11.3 Å². The first-order valence-electron chi connectivity index (χ1n) is 7.02. The van der Waals surface area contributed by atoms with Crippen molar-refractivity contribution in [2.45, 2.75) is 48.0 Å². The Hall–Kier alpha value is -1.31. The van der Waals surface area contributed by atoms with E-state index in [-0.39, 0.29) is 11.2 Å². The van der Waals surface area contributed by atoms with Crippen molar-refractivity contribution in [3.05, 3.63) is 29.3 Å². The Balaban J connectivity index is 2.95. The van der Waals surface area contributed by atoms with Crippen molar-refractivity contribution in [1.82, 2.24) is 0 Å². The molecule has 0 bridgehead atoms. The van der Waals surface area contributed by atoms with Crippen molar-refractivity contribution < 1.29 is 9.53 Å². The molecule has 0 fully saturated rings. The first kappa shape index (κ1) is 15.7. The van der Waals surface area contributed by atoms with Gasteiger partial charge in [0.1, 0.15) is 5.75 Å². The minimum atomic E-state index is 0.144. The lowest BCUT2D eigenvalue weighted by atomic mass is 9.78. The summed E-state index contributed by atoms with van der Waals surface area (Å²) < 4.78 is 5.56. The highest BCUT2D eigenvalue weighted by Crippen LogP contribution is 2.31. The summed E-state index contributed by atoms with van der Waals surface area (Å²) in [5.41, 5.74) is 1.96. The van der Waals surface area contributed by atoms with Gasteiger partial charge in [-0.25, -0.2) is 0 Å². The van der Waals surface area contributed by atoms with Crippen molar-refractivity contribution in [2.75, 3.05) is 6.61 Å². The van der Waals surface area contributed by atoms with E-state index in [2.05, 4.69) is 27.7 Å². The summed E-state index contributed by atoms with van der Waals surface area (Å²) in [6.07, 6.45) is 0.563. The van der Waals surface area contributed by atoms with Gasteiger partial charge in [-0.2, -0.15) is 0 Å². The Morgan fingerprint density at radius 3 is 2.47 bits per heavy atom. The lowest BCUT2D eigenvalue weighted by Crippen LogP contribution is -2.21. The standard InChI is InChI=1S/C17H26O2/c1-7-19-16-9-8-12(2)10-14(16)15(18)11-13(3)17(4,5)6/h8-10,13H,7,11H2,1-6H3. The lowest BCUT2D eigenvalue weighted by Gasteiger charge is -2.26. The predicted octanol–water partition coefficient (Wildman–Crippen LogP) is 4.65. The summed E-state index contributed by atoms with van der Waals surface area (Å²) in [5, 5.41) is 0. The van der Waals surface area contributed by atoms with E-state index in [0.717, 1.165) is 11.1 Å². The lowest BCUT2D eigenvalue weighted by molar-refractivity contribution is 0.0923. The van der Waals surface area contributed by atoms with Gasteiger partial charge in [-0.15, -0.1) is 0 Å². The molecule has 0 aliphatic rings. The van der Waals surface area contributed by atoms with Crippen LogP contribution in [0.15, 0.2) is 18.2 Å². The molecule has 0 saturated carbocycles. The van der Waals surface area contributed by atoms with Crippen LogP contribution in [0.25, 0.3) is 0 Å². The third kappa shape index (κ3) is 4.38. The van der Waals surface area contributed by atoms with Crippen molar-refractivity contribution >= 4 is 5.78 Å². The van der Waals surface area contributed by atoms with Crippen LogP contribution in [0.3, 0.4) is 0 Å². The van der Waals surface area contributed by atoms with E-state index in [0.29, 0.717) is 24.7 Å². The Labute approximate surface area is 117 Å². The van der Waals surface area contributed by atoms with Gasteiger partial charge in [0.15, 0.2) is 5.78 Å². The van der Waals surface area contributed by atoms with Crippen LogP contribution in [-0.4, -0.2) is 12.4 Å². The molecule has 2 nitrogen and oxygen atoms in total. The fourth-order valence-corrected chi connectivity index (χ4v) is 1.84. The maximum Gasteiger partial charge on any atom is 0.166 e. The number of carbonyl (C=O) groups is 1. The molecule has 0 radical (unpaired) electrons. The van der Waals surface area contributed by atoms with Crippen LogP contribution in [0.1, 0.15) is 57.0 Å². The minimum absolute atomic E-state index is 0.144. The maximum absolute atomic E-state index is 12.5. The average molecular weight is 262 g/mol. The summed E-state index contributed by atoms with van der Waals surface area (Å²) in [6, 6.07) is 5.81. The number of hydrogen-bond acceptors (Lipinski definition) is 2. The second-order valence-corrected chi connectivity index (χ2v) is 6.33. The van der Waals surface area contributed by atoms with Crippen LogP contribution >= 0.6 is 0 Å². The molecule has 0 aliphatic carbocycles. The van der Waals surface area contributed by atoms with Gasteiger partial charge in [0.25, 0.3) is 0 Å². The quantitative estimate of drug-likeness (QED) is 0.722. The molecule has 1 atom stereocenters. The monoisotopic (exact) mass is 262 g/mol. The van der Waals surface area contributed by atoms with E-state index in [4.69, 9.17) is 4.74 Å². The Morgan fingerprint density at radius 1 is 1.32 bits per heavy atom. The number of rotatable bonds is 5. The number of ether oxygens (including phenoxy) is 1. The molecule has 106 valence electrons. The molecule has 0 N–H and O–H groups in total. The summed E-state index contributed by atoms with van der Waals surface area (Å²) in [6.45, 7) is 13.2. The van der Waals surface area contributed by atoms with Gasteiger partial charge in [-0.05, 0) is 37.3 Å². The third-order valence-corrected chi connectivity index (χ3v) is 3.71. The van der Waals surface area contributed by atoms with Gasteiger partial charge in [0.2, 0.25) is 0 Å². The molecule has 0 spiro atoms. The van der Waals surface area contributed by atoms with Crippen LogP contribution in [0.2, 0.25) is 0 Å². The van der Waals surface area contributed by atoms with Gasteiger partial charge < -0.3 is 4.74 Å². The Kier molecular flexibility index (Phi) is 5.16. The molecule has 0 heterocycles. The van der Waals surface area contributed by atoms with Crippen LogP contribution < -0.4 is 4.74 Å². The number of ketones is 1. The Morgan fingerprint density at radius 2 is 1.95 bits per heavy atom. The number of Topliss-reactive ketones (excluding diaryl/α,β-unsaturated/α-hetero) is 1. The molecule has 1 aromatic carbocycles. The molecule has 0 aliphatic heterocycles. The van der Waals surface area contributed by atoms with Gasteiger partial charge in [0.05, 0.1) is 12.2 Å². The Bertz CT molecular complexity index is 441. The topological polar surface area (TPSA) is 26.3 Å². The van der Waals surface area contributed by atoms with Gasteiger partial charge in [0, 0.05) is 6.42 Å². The van der Waals surface area contributed by atoms with E-state index < -0.39 is 0 Å². The second kappa shape index (κ2) is 6.23. The van der Waals surface area contributed by atoms with Crippen molar-refractivity contribution in [3.8, 4) is 5.75 Å². The summed E-state index contributed by atoms with van der Waals surface area (Å²) in [4.78, 5) is 12.5. The molecule has 1 rings (SSSR count). The maximum atomic E-state index is 12.5. The molecule has 0 amide bonds. The highest BCUT2D eigenvalue weighted by molar-refractivity contribution is 5.99. The fourth-order valence-electron chi connectivity index (χ4n) is 1.84. The molecule has 19 heavy (non-hydrogen) atoms. The van der Waals surface area contributed by atoms with Gasteiger partial charge in [-0.3, -0.25) is 4.79 Å². The van der Waals surface area contributed by atoms with Gasteiger partial charge >= 0.3 is 0 Å². The van der Waals surface area contributed by atoms with Crippen molar-refractivity contribution in [3.63, 3.8) is 0 Å². The number of carbonyl (C=O) groups excluding carboxylic acids is 1. The van der Waals surface area contributed by atoms with E-state index >= 15 is 0 Å². The molecular weight excluding hydrogens is 236 g/mol. The summed E-state index contributed by atoms with van der Waals surface area (Å²) >= 11 is 0. The normalized spacial score (nSPS) is 13.2. The largest absolute Gasteiger partial charge is 0.493 e. The van der Waals surface area contributed by atoms with E-state index in [1.807, 2.05) is 32.0 Å². The smallest absolute Gasteiger partial charge is 0.166 e. The zero-order valence-electron chi connectivity index (χ0n) is 13.0. The predicted molar refractivity (Wildman–Crippen MR) is 79.9 cm³/mol. The van der Waals surface area contributed by atoms with Crippen LogP contribution in [0.5, 0.6) is 5.75 Å². The molecule has 1 aromatic rings. The van der Waals surface area contributed by atoms with Crippen LogP contribution in [-0.2, 0) is 0 Å². The molecule has 0 saturated heterocycles.